The number of amides is 1. The quantitative estimate of drug-likeness (QED) is 0.529. The van der Waals surface area contributed by atoms with Crippen LogP contribution in [0, 0.1) is 0 Å². The molecule has 0 saturated carbocycles. The molecule has 0 bridgehead atoms. The van der Waals surface area contributed by atoms with Crippen molar-refractivity contribution in [2.24, 2.45) is 0 Å². The molecule has 9 heteroatoms. The number of hydrogen-bond acceptors (Lipinski definition) is 6. The summed E-state index contributed by atoms with van der Waals surface area (Å²) in [6.45, 7) is 1.41. The highest BCUT2D eigenvalue weighted by Gasteiger charge is 2.28. The van der Waals surface area contributed by atoms with Gasteiger partial charge < -0.3 is 19.5 Å². The molecule has 0 unspecified atom stereocenters. The van der Waals surface area contributed by atoms with Crippen molar-refractivity contribution in [2.45, 2.75) is 11.4 Å². The zero-order chi connectivity index (χ0) is 24.0. The van der Waals surface area contributed by atoms with Gasteiger partial charge >= 0.3 is 0 Å². The number of ether oxygens (including phenoxy) is 3. The first kappa shape index (κ1) is 23.7. The standard InChI is InChI=1S/C25H26N2O6S/c1-31-24-12-11-21(34(29,30)27-13-15-32-16-14-27)17-22(24)25(28)26-18-19-7-5-6-10-23(19)33-20-8-3-2-4-9-20/h2-12,17H,13-16,18H2,1H3,(H,26,28). The van der Waals surface area contributed by atoms with Crippen molar-refractivity contribution in [3.8, 4) is 17.2 Å². The van der Waals surface area contributed by atoms with Gasteiger partial charge in [-0.3, -0.25) is 4.79 Å². The van der Waals surface area contributed by atoms with E-state index in [0.717, 1.165) is 5.56 Å². The topological polar surface area (TPSA) is 94.2 Å². The fourth-order valence-corrected chi connectivity index (χ4v) is 5.03. The summed E-state index contributed by atoms with van der Waals surface area (Å²) in [7, 11) is -2.32. The van der Waals surface area contributed by atoms with E-state index in [9.17, 15) is 13.2 Å². The van der Waals surface area contributed by atoms with Crippen LogP contribution in [0.1, 0.15) is 15.9 Å². The predicted molar refractivity (Wildman–Crippen MR) is 127 cm³/mol. The third kappa shape index (κ3) is 5.39. The summed E-state index contributed by atoms with van der Waals surface area (Å²) in [5.74, 6) is 1.13. The molecular formula is C25H26N2O6S. The van der Waals surface area contributed by atoms with E-state index < -0.39 is 15.9 Å². The Labute approximate surface area is 199 Å². The van der Waals surface area contributed by atoms with Crippen LogP contribution in [0.2, 0.25) is 0 Å². The molecule has 0 aromatic heterocycles. The summed E-state index contributed by atoms with van der Waals surface area (Å²) in [5.41, 5.74) is 0.911. The van der Waals surface area contributed by atoms with Crippen LogP contribution in [0.15, 0.2) is 77.7 Å². The van der Waals surface area contributed by atoms with Crippen molar-refractivity contribution in [1.82, 2.24) is 9.62 Å². The predicted octanol–water partition coefficient (Wildman–Crippen LogP) is 3.44. The smallest absolute Gasteiger partial charge is 0.255 e. The monoisotopic (exact) mass is 482 g/mol. The second kappa shape index (κ2) is 10.7. The van der Waals surface area contributed by atoms with E-state index in [0.29, 0.717) is 24.7 Å². The average molecular weight is 483 g/mol. The highest BCUT2D eigenvalue weighted by Crippen LogP contribution is 2.27. The molecule has 0 aliphatic carbocycles. The SMILES string of the molecule is COc1ccc(S(=O)(=O)N2CCOCC2)cc1C(=O)NCc1ccccc1Oc1ccccc1. The number of rotatable bonds is 8. The lowest BCUT2D eigenvalue weighted by molar-refractivity contribution is 0.0730. The van der Waals surface area contributed by atoms with Crippen molar-refractivity contribution in [3.63, 3.8) is 0 Å². The van der Waals surface area contributed by atoms with Gasteiger partial charge in [-0.25, -0.2) is 8.42 Å². The van der Waals surface area contributed by atoms with Crippen molar-refractivity contribution < 1.29 is 27.4 Å². The van der Waals surface area contributed by atoms with Crippen LogP contribution in [0.3, 0.4) is 0 Å². The van der Waals surface area contributed by atoms with Crippen molar-refractivity contribution >= 4 is 15.9 Å². The van der Waals surface area contributed by atoms with Crippen LogP contribution in [0.5, 0.6) is 17.2 Å². The van der Waals surface area contributed by atoms with E-state index in [1.807, 2.05) is 54.6 Å². The Bertz CT molecular complexity index is 1240. The molecule has 0 radical (unpaired) electrons. The van der Waals surface area contributed by atoms with Crippen molar-refractivity contribution in [2.75, 3.05) is 33.4 Å². The molecule has 1 N–H and O–H groups in total. The van der Waals surface area contributed by atoms with Crippen LogP contribution in [0.25, 0.3) is 0 Å². The second-order valence-corrected chi connectivity index (χ2v) is 9.52. The fourth-order valence-electron chi connectivity index (χ4n) is 3.60. The van der Waals surface area contributed by atoms with Gasteiger partial charge in [0.2, 0.25) is 10.0 Å². The Morgan fingerprint density at radius 1 is 0.971 bits per heavy atom. The summed E-state index contributed by atoms with van der Waals surface area (Å²) in [6.07, 6.45) is 0. The van der Waals surface area contributed by atoms with Crippen LogP contribution in [0.4, 0.5) is 0 Å². The number of methoxy groups -OCH3 is 1. The van der Waals surface area contributed by atoms with Gasteiger partial charge in [0.1, 0.15) is 17.2 Å². The summed E-state index contributed by atoms with van der Waals surface area (Å²) in [6, 6.07) is 21.0. The maximum Gasteiger partial charge on any atom is 0.255 e. The lowest BCUT2D eigenvalue weighted by atomic mass is 10.1. The second-order valence-electron chi connectivity index (χ2n) is 7.58. The molecule has 4 rings (SSSR count). The Kier molecular flexibility index (Phi) is 7.46. The number of nitrogens with zero attached hydrogens (tertiary/aromatic N) is 1. The van der Waals surface area contributed by atoms with Gasteiger partial charge in [-0.2, -0.15) is 4.31 Å². The Morgan fingerprint density at radius 3 is 2.41 bits per heavy atom. The van der Waals surface area contributed by atoms with Gasteiger partial charge in [-0.1, -0.05) is 36.4 Å². The van der Waals surface area contributed by atoms with E-state index >= 15 is 0 Å². The zero-order valence-electron chi connectivity index (χ0n) is 18.8. The van der Waals surface area contributed by atoms with Crippen molar-refractivity contribution in [3.05, 3.63) is 83.9 Å². The van der Waals surface area contributed by atoms with Crippen LogP contribution in [-0.4, -0.2) is 52.0 Å². The number of nitrogens with one attached hydrogen (secondary N) is 1. The molecule has 3 aromatic carbocycles. The van der Waals surface area contributed by atoms with Gasteiger partial charge in [0.25, 0.3) is 5.91 Å². The third-order valence-corrected chi connectivity index (χ3v) is 7.30. The van der Waals surface area contributed by atoms with Crippen LogP contribution in [-0.2, 0) is 21.3 Å². The molecule has 1 aliphatic heterocycles. The maximum absolute atomic E-state index is 13.1. The summed E-state index contributed by atoms with van der Waals surface area (Å²) >= 11 is 0. The molecule has 0 spiro atoms. The van der Waals surface area contributed by atoms with E-state index in [-0.39, 0.29) is 35.8 Å². The van der Waals surface area contributed by atoms with E-state index in [1.165, 1.54) is 29.6 Å². The lowest BCUT2D eigenvalue weighted by Gasteiger charge is -2.26. The average Bonchev–Trinajstić information content (AvgIpc) is 2.88. The number of sulfonamides is 1. The number of carbonyl (C=O) groups excluding carboxylic acids is 1. The fraction of sp³-hybridized carbons (Fsp3) is 0.240. The van der Waals surface area contributed by atoms with E-state index in [1.54, 1.807) is 0 Å². The molecule has 3 aromatic rings. The minimum Gasteiger partial charge on any atom is -0.496 e. The van der Waals surface area contributed by atoms with Crippen LogP contribution < -0.4 is 14.8 Å². The first-order valence-corrected chi connectivity index (χ1v) is 12.3. The third-order valence-electron chi connectivity index (χ3n) is 5.41. The lowest BCUT2D eigenvalue weighted by Crippen LogP contribution is -2.40. The molecule has 8 nitrogen and oxygen atoms in total. The largest absolute Gasteiger partial charge is 0.496 e. The highest BCUT2D eigenvalue weighted by molar-refractivity contribution is 7.89. The number of benzene rings is 3. The Morgan fingerprint density at radius 2 is 1.68 bits per heavy atom. The summed E-state index contributed by atoms with van der Waals surface area (Å²) in [5, 5.41) is 2.85. The van der Waals surface area contributed by atoms with E-state index in [2.05, 4.69) is 5.32 Å². The first-order valence-electron chi connectivity index (χ1n) is 10.8. The normalized spacial score (nSPS) is 14.4. The molecule has 0 atom stereocenters. The number of morpholine rings is 1. The Hall–Kier alpha value is -3.40. The molecule has 178 valence electrons. The molecule has 1 amide bonds. The Balaban J connectivity index is 1.53. The number of carbonyl (C=O) groups is 1. The van der Waals surface area contributed by atoms with E-state index in [4.69, 9.17) is 14.2 Å². The minimum atomic E-state index is -3.75. The zero-order valence-corrected chi connectivity index (χ0v) is 19.6. The van der Waals surface area contributed by atoms with Crippen molar-refractivity contribution in [1.29, 1.82) is 0 Å². The molecule has 1 fully saturated rings. The van der Waals surface area contributed by atoms with Crippen LogP contribution >= 0.6 is 0 Å². The summed E-state index contributed by atoms with van der Waals surface area (Å²) < 4.78 is 44.0. The number of hydrogen-bond donors (Lipinski definition) is 1. The van der Waals surface area contributed by atoms with Gasteiger partial charge in [-0.15, -0.1) is 0 Å². The number of para-hydroxylation sites is 2. The highest BCUT2D eigenvalue weighted by atomic mass is 32.2. The minimum absolute atomic E-state index is 0.0353. The first-order chi connectivity index (χ1) is 16.5. The van der Waals surface area contributed by atoms with Gasteiger partial charge in [0, 0.05) is 25.2 Å². The molecule has 1 heterocycles. The molecule has 34 heavy (non-hydrogen) atoms. The molecule has 1 saturated heterocycles. The van der Waals surface area contributed by atoms with Gasteiger partial charge in [-0.05, 0) is 36.4 Å². The molecular weight excluding hydrogens is 456 g/mol. The van der Waals surface area contributed by atoms with Gasteiger partial charge in [0.15, 0.2) is 0 Å². The maximum atomic E-state index is 13.1. The summed E-state index contributed by atoms with van der Waals surface area (Å²) in [4.78, 5) is 13.1. The molecule has 1 aliphatic rings. The van der Waals surface area contributed by atoms with Gasteiger partial charge in [0.05, 0.1) is 30.8 Å².